The second-order valence-corrected chi connectivity index (χ2v) is 2.40. The highest BCUT2D eigenvalue weighted by Crippen LogP contribution is 2.03. The van der Waals surface area contributed by atoms with E-state index in [4.69, 9.17) is 5.11 Å². The number of aliphatic hydroxyl groups is 1. The maximum atomic E-state index is 10.9. The molecule has 0 fully saturated rings. The van der Waals surface area contributed by atoms with Crippen molar-refractivity contribution >= 4 is 11.6 Å². The summed E-state index contributed by atoms with van der Waals surface area (Å²) in [5.41, 5.74) is 0.635. The lowest BCUT2D eigenvalue weighted by Crippen LogP contribution is -2.24. The van der Waals surface area contributed by atoms with Gasteiger partial charge in [0.15, 0.2) is 0 Å². The molecule has 0 spiro atoms. The Bertz CT molecular complexity index is 259. The Morgan fingerprint density at radius 1 is 1.58 bits per heavy atom. The summed E-state index contributed by atoms with van der Waals surface area (Å²) < 4.78 is 0. The number of anilines is 1. The highest BCUT2D eigenvalue weighted by molar-refractivity contribution is 5.93. The summed E-state index contributed by atoms with van der Waals surface area (Å²) in [6.07, 6.45) is 2.15. The molecule has 1 aromatic heterocycles. The Kier molecular flexibility index (Phi) is 2.76. The molecule has 0 aliphatic carbocycles. The molecule has 0 aliphatic heterocycles. The number of carbonyl (C=O) groups is 1. The van der Waals surface area contributed by atoms with Gasteiger partial charge in [0.1, 0.15) is 6.10 Å². The molecule has 1 atom stereocenters. The number of nitrogens with one attached hydrogen (secondary N) is 1. The summed E-state index contributed by atoms with van der Waals surface area (Å²) in [5.74, 6) is -0.416. The highest BCUT2D eigenvalue weighted by Gasteiger charge is 2.07. The Morgan fingerprint density at radius 2 is 2.17 bits per heavy atom. The van der Waals surface area contributed by atoms with Gasteiger partial charge >= 0.3 is 0 Å². The summed E-state index contributed by atoms with van der Waals surface area (Å²) in [6.45, 7) is 1.41. The van der Waals surface area contributed by atoms with Gasteiger partial charge in [-0.25, -0.2) is 0 Å². The molecule has 12 heavy (non-hydrogen) atoms. The van der Waals surface area contributed by atoms with Gasteiger partial charge < -0.3 is 10.4 Å². The number of hydrogen-bond acceptors (Lipinski definition) is 3. The van der Waals surface area contributed by atoms with E-state index in [1.165, 1.54) is 6.92 Å². The first-order valence-electron chi connectivity index (χ1n) is 3.59. The zero-order valence-corrected chi connectivity index (χ0v) is 6.69. The fraction of sp³-hybridized carbons (Fsp3) is 0.250. The van der Waals surface area contributed by atoms with Gasteiger partial charge in [-0.15, -0.1) is 0 Å². The number of amides is 1. The Labute approximate surface area is 70.3 Å². The number of carbonyl (C=O) groups excluding carboxylic acids is 1. The topological polar surface area (TPSA) is 62.2 Å². The van der Waals surface area contributed by atoms with E-state index in [1.54, 1.807) is 24.5 Å². The van der Waals surface area contributed by atoms with Crippen molar-refractivity contribution < 1.29 is 9.90 Å². The molecule has 0 saturated carbocycles. The Balaban J connectivity index is 2.59. The molecule has 0 aliphatic rings. The summed E-state index contributed by atoms with van der Waals surface area (Å²) >= 11 is 0. The van der Waals surface area contributed by atoms with Crippen LogP contribution < -0.4 is 5.32 Å². The minimum atomic E-state index is -0.988. The van der Waals surface area contributed by atoms with Crippen LogP contribution in [0.5, 0.6) is 0 Å². The van der Waals surface area contributed by atoms with Crippen molar-refractivity contribution in [1.82, 2.24) is 4.98 Å². The van der Waals surface area contributed by atoms with E-state index < -0.39 is 12.0 Å². The zero-order chi connectivity index (χ0) is 8.97. The van der Waals surface area contributed by atoms with Gasteiger partial charge in [0.2, 0.25) is 0 Å². The van der Waals surface area contributed by atoms with Crippen LogP contribution in [0.15, 0.2) is 24.5 Å². The van der Waals surface area contributed by atoms with Crippen LogP contribution in [0.3, 0.4) is 0 Å². The number of rotatable bonds is 2. The first kappa shape index (κ1) is 8.67. The van der Waals surface area contributed by atoms with E-state index in [9.17, 15) is 4.79 Å². The van der Waals surface area contributed by atoms with Crippen molar-refractivity contribution in [2.75, 3.05) is 5.32 Å². The van der Waals surface area contributed by atoms with E-state index in [2.05, 4.69) is 10.3 Å². The number of nitrogens with zero attached hydrogens (tertiary/aromatic N) is 1. The molecule has 4 nitrogen and oxygen atoms in total. The molecule has 0 aromatic carbocycles. The van der Waals surface area contributed by atoms with Crippen LogP contribution >= 0.6 is 0 Å². The van der Waals surface area contributed by atoms with Crippen molar-refractivity contribution in [3.8, 4) is 0 Å². The lowest BCUT2D eigenvalue weighted by Gasteiger charge is -2.05. The van der Waals surface area contributed by atoms with Crippen LogP contribution in [-0.2, 0) is 4.79 Å². The van der Waals surface area contributed by atoms with Gasteiger partial charge in [0.05, 0.1) is 0 Å². The van der Waals surface area contributed by atoms with Crippen LogP contribution in [0.25, 0.3) is 0 Å². The zero-order valence-electron chi connectivity index (χ0n) is 6.69. The van der Waals surface area contributed by atoms with Crippen molar-refractivity contribution in [2.24, 2.45) is 0 Å². The third-order valence-corrected chi connectivity index (χ3v) is 1.33. The molecular weight excluding hydrogens is 156 g/mol. The quantitative estimate of drug-likeness (QED) is 0.668. The molecule has 0 radical (unpaired) electrons. The minimum Gasteiger partial charge on any atom is -0.384 e. The van der Waals surface area contributed by atoms with Crippen molar-refractivity contribution in [2.45, 2.75) is 13.0 Å². The standard InChI is InChI=1S/C8H10N2O2/c1-6(11)8(12)10-7-2-4-9-5-3-7/h2-6,11H,1H3,(H,9,10,12)/t6-/m0/s1. The van der Waals surface area contributed by atoms with E-state index in [0.29, 0.717) is 5.69 Å². The minimum absolute atomic E-state index is 0.416. The predicted octanol–water partition coefficient (Wildman–Crippen LogP) is 0.401. The molecule has 1 rings (SSSR count). The second kappa shape index (κ2) is 3.82. The van der Waals surface area contributed by atoms with Crippen molar-refractivity contribution in [3.63, 3.8) is 0 Å². The van der Waals surface area contributed by atoms with Crippen LogP contribution in [0.4, 0.5) is 5.69 Å². The highest BCUT2D eigenvalue weighted by atomic mass is 16.3. The Morgan fingerprint density at radius 3 is 2.67 bits per heavy atom. The SMILES string of the molecule is C[C@H](O)C(=O)Nc1ccncc1. The van der Waals surface area contributed by atoms with Crippen LogP contribution in [-0.4, -0.2) is 22.1 Å². The number of aliphatic hydroxyl groups excluding tert-OH is 1. The van der Waals surface area contributed by atoms with E-state index >= 15 is 0 Å². The van der Waals surface area contributed by atoms with Gasteiger partial charge in [-0.1, -0.05) is 0 Å². The van der Waals surface area contributed by atoms with Crippen molar-refractivity contribution in [3.05, 3.63) is 24.5 Å². The van der Waals surface area contributed by atoms with Crippen LogP contribution in [0.2, 0.25) is 0 Å². The molecular formula is C8H10N2O2. The lowest BCUT2D eigenvalue weighted by molar-refractivity contribution is -0.123. The normalized spacial score (nSPS) is 12.2. The van der Waals surface area contributed by atoms with Gasteiger partial charge in [0, 0.05) is 18.1 Å². The summed E-state index contributed by atoms with van der Waals surface area (Å²) in [5, 5.41) is 11.4. The van der Waals surface area contributed by atoms with Crippen LogP contribution in [0, 0.1) is 0 Å². The molecule has 1 aromatic rings. The molecule has 0 saturated heterocycles. The largest absolute Gasteiger partial charge is 0.384 e. The maximum Gasteiger partial charge on any atom is 0.252 e. The molecule has 1 amide bonds. The molecule has 1 heterocycles. The first-order valence-corrected chi connectivity index (χ1v) is 3.59. The third kappa shape index (κ3) is 2.32. The number of pyridine rings is 1. The average molecular weight is 166 g/mol. The van der Waals surface area contributed by atoms with Crippen LogP contribution in [0.1, 0.15) is 6.92 Å². The smallest absolute Gasteiger partial charge is 0.252 e. The molecule has 0 unspecified atom stereocenters. The van der Waals surface area contributed by atoms with E-state index in [-0.39, 0.29) is 0 Å². The summed E-state index contributed by atoms with van der Waals surface area (Å²) in [6, 6.07) is 3.31. The lowest BCUT2D eigenvalue weighted by atomic mass is 10.3. The van der Waals surface area contributed by atoms with Gasteiger partial charge in [-0.2, -0.15) is 0 Å². The molecule has 2 N–H and O–H groups in total. The molecule has 64 valence electrons. The maximum absolute atomic E-state index is 10.9. The van der Waals surface area contributed by atoms with E-state index in [0.717, 1.165) is 0 Å². The first-order chi connectivity index (χ1) is 5.70. The van der Waals surface area contributed by atoms with Gasteiger partial charge in [-0.05, 0) is 19.1 Å². The van der Waals surface area contributed by atoms with Gasteiger partial charge in [0.25, 0.3) is 5.91 Å². The van der Waals surface area contributed by atoms with Gasteiger partial charge in [-0.3, -0.25) is 9.78 Å². The second-order valence-electron chi connectivity index (χ2n) is 2.40. The fourth-order valence-corrected chi connectivity index (χ4v) is 0.682. The monoisotopic (exact) mass is 166 g/mol. The number of aromatic nitrogens is 1. The third-order valence-electron chi connectivity index (χ3n) is 1.33. The van der Waals surface area contributed by atoms with Crippen molar-refractivity contribution in [1.29, 1.82) is 0 Å². The average Bonchev–Trinajstić information content (AvgIpc) is 2.06. The Hall–Kier alpha value is -1.42. The van der Waals surface area contributed by atoms with E-state index in [1.807, 2.05) is 0 Å². The molecule has 0 bridgehead atoms. The molecule has 4 heteroatoms. The fourth-order valence-electron chi connectivity index (χ4n) is 0.682. The predicted molar refractivity (Wildman–Crippen MR) is 44.5 cm³/mol. The summed E-state index contributed by atoms with van der Waals surface area (Å²) in [7, 11) is 0. The summed E-state index contributed by atoms with van der Waals surface area (Å²) in [4.78, 5) is 14.7. The number of hydrogen-bond donors (Lipinski definition) is 2.